The van der Waals surface area contributed by atoms with Gasteiger partial charge >= 0.3 is 0 Å². The minimum Gasteiger partial charge on any atom is -0.494 e. The highest BCUT2D eigenvalue weighted by atomic mass is 32.1. The fourth-order valence-corrected chi connectivity index (χ4v) is 2.75. The Kier molecular flexibility index (Phi) is 8.07. The van der Waals surface area contributed by atoms with Crippen LogP contribution in [0.4, 0.5) is 5.69 Å². The molecule has 0 atom stereocenters. The van der Waals surface area contributed by atoms with Crippen LogP contribution in [0.25, 0.3) is 0 Å². The van der Waals surface area contributed by atoms with Gasteiger partial charge in [-0.2, -0.15) is 0 Å². The van der Waals surface area contributed by atoms with E-state index < -0.39 is 0 Å². The van der Waals surface area contributed by atoms with E-state index in [4.69, 9.17) is 17.0 Å². The Morgan fingerprint density at radius 3 is 2.52 bits per heavy atom. The van der Waals surface area contributed by atoms with Gasteiger partial charge in [0, 0.05) is 12.1 Å². The Balaban J connectivity index is 1.68. The molecule has 2 aromatic carbocycles. The van der Waals surface area contributed by atoms with Crippen molar-refractivity contribution in [1.29, 1.82) is 0 Å². The number of rotatable bonds is 7. The van der Waals surface area contributed by atoms with E-state index in [-0.39, 0.29) is 5.91 Å². The second-order valence-electron chi connectivity index (χ2n) is 6.35. The molecule has 0 spiro atoms. The van der Waals surface area contributed by atoms with Crippen LogP contribution in [0.5, 0.6) is 5.75 Å². The number of thiocarbonyl (C=S) groups is 1. The number of benzene rings is 2. The van der Waals surface area contributed by atoms with E-state index in [0.29, 0.717) is 24.6 Å². The molecule has 0 saturated carbocycles. The summed E-state index contributed by atoms with van der Waals surface area (Å²) in [7, 11) is 0. The summed E-state index contributed by atoms with van der Waals surface area (Å²) < 4.78 is 5.62. The van der Waals surface area contributed by atoms with Gasteiger partial charge in [0.05, 0.1) is 6.61 Å². The van der Waals surface area contributed by atoms with Gasteiger partial charge in [0.25, 0.3) is 0 Å². The summed E-state index contributed by atoms with van der Waals surface area (Å²) in [6.45, 7) is 6.64. The standard InChI is InChI=1S/C21H27N3O2S/c1-4-17-8-5-7-16(3)20(17)22-21(27)24-23-19(25)9-6-14-26-18-12-10-15(2)11-13-18/h5,7-8,10-13H,4,6,9,14H2,1-3H3,(H,23,25)(H2,22,24,27). The van der Waals surface area contributed by atoms with Crippen LogP contribution in [-0.2, 0) is 11.2 Å². The molecule has 0 heterocycles. The number of aryl methyl sites for hydroxylation is 3. The first-order chi connectivity index (χ1) is 13.0. The topological polar surface area (TPSA) is 62.4 Å². The Morgan fingerprint density at radius 2 is 1.81 bits per heavy atom. The van der Waals surface area contributed by atoms with Gasteiger partial charge in [0.2, 0.25) is 5.91 Å². The third-order valence-corrected chi connectivity index (χ3v) is 4.34. The van der Waals surface area contributed by atoms with Crippen molar-refractivity contribution in [1.82, 2.24) is 10.9 Å². The molecule has 0 aliphatic carbocycles. The molecule has 0 aromatic heterocycles. The van der Waals surface area contributed by atoms with Crippen LogP contribution in [-0.4, -0.2) is 17.6 Å². The first kappa shape index (κ1) is 20.7. The lowest BCUT2D eigenvalue weighted by atomic mass is 10.1. The smallest absolute Gasteiger partial charge is 0.238 e. The lowest BCUT2D eigenvalue weighted by Gasteiger charge is -2.16. The van der Waals surface area contributed by atoms with Crippen LogP contribution in [0.1, 0.15) is 36.5 Å². The zero-order valence-corrected chi connectivity index (χ0v) is 16.9. The van der Waals surface area contributed by atoms with Gasteiger partial charge in [-0.05, 0) is 62.2 Å². The fourth-order valence-electron chi connectivity index (χ4n) is 2.59. The molecule has 5 nitrogen and oxygen atoms in total. The summed E-state index contributed by atoms with van der Waals surface area (Å²) in [5, 5.41) is 3.52. The number of amides is 1. The molecule has 144 valence electrons. The molecule has 0 unspecified atom stereocenters. The zero-order chi connectivity index (χ0) is 19.6. The highest BCUT2D eigenvalue weighted by Gasteiger charge is 2.07. The van der Waals surface area contributed by atoms with E-state index in [0.717, 1.165) is 23.4 Å². The molecule has 6 heteroatoms. The van der Waals surface area contributed by atoms with E-state index >= 15 is 0 Å². The van der Waals surface area contributed by atoms with Crippen LogP contribution >= 0.6 is 12.2 Å². The molecule has 2 rings (SSSR count). The summed E-state index contributed by atoms with van der Waals surface area (Å²) in [5.74, 6) is 0.682. The lowest BCUT2D eigenvalue weighted by Crippen LogP contribution is -2.44. The number of hydrazine groups is 1. The van der Waals surface area contributed by atoms with Crippen molar-refractivity contribution >= 4 is 28.9 Å². The van der Waals surface area contributed by atoms with Gasteiger partial charge in [-0.1, -0.05) is 42.8 Å². The number of nitrogens with one attached hydrogen (secondary N) is 3. The van der Waals surface area contributed by atoms with E-state index in [1.807, 2.05) is 50.2 Å². The quantitative estimate of drug-likeness (QED) is 0.381. The Morgan fingerprint density at radius 1 is 1.07 bits per heavy atom. The number of carbonyl (C=O) groups is 1. The minimum absolute atomic E-state index is 0.132. The summed E-state index contributed by atoms with van der Waals surface area (Å²) >= 11 is 5.27. The van der Waals surface area contributed by atoms with Gasteiger partial charge in [-0.15, -0.1) is 0 Å². The number of carbonyl (C=O) groups excluding carboxylic acids is 1. The maximum atomic E-state index is 11.9. The molecule has 0 radical (unpaired) electrons. The largest absolute Gasteiger partial charge is 0.494 e. The van der Waals surface area contributed by atoms with Gasteiger partial charge in [-0.25, -0.2) is 0 Å². The monoisotopic (exact) mass is 385 g/mol. The summed E-state index contributed by atoms with van der Waals surface area (Å²) in [5.41, 5.74) is 9.83. The SMILES string of the molecule is CCc1cccc(C)c1NC(=S)NNC(=O)CCCOc1ccc(C)cc1. The van der Waals surface area contributed by atoms with Crippen molar-refractivity contribution in [2.45, 2.75) is 40.0 Å². The molecule has 0 aliphatic rings. The van der Waals surface area contributed by atoms with Gasteiger partial charge in [-0.3, -0.25) is 15.6 Å². The maximum Gasteiger partial charge on any atom is 0.238 e. The number of hydrogen-bond acceptors (Lipinski definition) is 3. The van der Waals surface area contributed by atoms with Crippen LogP contribution in [0.2, 0.25) is 0 Å². The van der Waals surface area contributed by atoms with Crippen molar-refractivity contribution in [3.05, 3.63) is 59.2 Å². The second-order valence-corrected chi connectivity index (χ2v) is 6.76. The minimum atomic E-state index is -0.132. The van der Waals surface area contributed by atoms with Crippen molar-refractivity contribution < 1.29 is 9.53 Å². The Bertz CT molecular complexity index is 775. The first-order valence-corrected chi connectivity index (χ1v) is 9.54. The second kappa shape index (κ2) is 10.5. The van der Waals surface area contributed by atoms with Gasteiger partial charge in [0.1, 0.15) is 5.75 Å². The zero-order valence-electron chi connectivity index (χ0n) is 16.1. The highest BCUT2D eigenvalue weighted by molar-refractivity contribution is 7.80. The Labute approximate surface area is 166 Å². The number of hydrogen-bond donors (Lipinski definition) is 3. The van der Waals surface area contributed by atoms with E-state index in [9.17, 15) is 4.79 Å². The lowest BCUT2D eigenvalue weighted by molar-refractivity contribution is -0.121. The average Bonchev–Trinajstić information content (AvgIpc) is 2.66. The molecule has 1 amide bonds. The van der Waals surface area contributed by atoms with Gasteiger partial charge < -0.3 is 10.1 Å². The third kappa shape index (κ3) is 6.90. The van der Waals surface area contributed by atoms with E-state index in [2.05, 4.69) is 29.2 Å². The molecular weight excluding hydrogens is 358 g/mol. The predicted octanol–water partition coefficient (Wildman–Crippen LogP) is 4.04. The summed E-state index contributed by atoms with van der Waals surface area (Å²) in [6, 6.07) is 14.0. The van der Waals surface area contributed by atoms with Crippen molar-refractivity contribution in [3.8, 4) is 5.75 Å². The van der Waals surface area contributed by atoms with Crippen LogP contribution in [0.15, 0.2) is 42.5 Å². The summed E-state index contributed by atoms with van der Waals surface area (Å²) in [4.78, 5) is 11.9. The normalized spacial score (nSPS) is 10.2. The first-order valence-electron chi connectivity index (χ1n) is 9.13. The van der Waals surface area contributed by atoms with Gasteiger partial charge in [0.15, 0.2) is 5.11 Å². The molecule has 0 aliphatic heterocycles. The number of ether oxygens (including phenoxy) is 1. The molecule has 27 heavy (non-hydrogen) atoms. The van der Waals surface area contributed by atoms with E-state index in [1.165, 1.54) is 11.1 Å². The van der Waals surface area contributed by atoms with E-state index in [1.54, 1.807) is 0 Å². The molecular formula is C21H27N3O2S. The number of para-hydroxylation sites is 1. The summed E-state index contributed by atoms with van der Waals surface area (Å²) in [6.07, 6.45) is 1.88. The molecule has 0 bridgehead atoms. The average molecular weight is 386 g/mol. The van der Waals surface area contributed by atoms with Crippen molar-refractivity contribution in [2.24, 2.45) is 0 Å². The molecule has 3 N–H and O–H groups in total. The predicted molar refractivity (Wildman–Crippen MR) is 114 cm³/mol. The van der Waals surface area contributed by atoms with Crippen molar-refractivity contribution in [3.63, 3.8) is 0 Å². The fraction of sp³-hybridized carbons (Fsp3) is 0.333. The van der Waals surface area contributed by atoms with Crippen molar-refractivity contribution in [2.75, 3.05) is 11.9 Å². The van der Waals surface area contributed by atoms with Crippen LogP contribution < -0.4 is 20.9 Å². The molecule has 0 fully saturated rings. The molecule has 2 aromatic rings. The number of anilines is 1. The van der Waals surface area contributed by atoms with Crippen LogP contribution in [0, 0.1) is 13.8 Å². The maximum absolute atomic E-state index is 11.9. The van der Waals surface area contributed by atoms with Crippen LogP contribution in [0.3, 0.4) is 0 Å². The highest BCUT2D eigenvalue weighted by Crippen LogP contribution is 2.20. The Hall–Kier alpha value is -2.60. The molecule has 0 saturated heterocycles. The third-order valence-electron chi connectivity index (χ3n) is 4.13.